The number of aromatic nitrogens is 2. The van der Waals surface area contributed by atoms with Gasteiger partial charge in [0.2, 0.25) is 0 Å². The first-order chi connectivity index (χ1) is 7.40. The third-order valence-electron chi connectivity index (χ3n) is 2.69. The molecule has 15 heavy (non-hydrogen) atoms. The van der Waals surface area contributed by atoms with E-state index >= 15 is 0 Å². The second kappa shape index (κ2) is 3.07. The summed E-state index contributed by atoms with van der Waals surface area (Å²) in [6.45, 7) is 0.513. The molecule has 1 aromatic carbocycles. The van der Waals surface area contributed by atoms with E-state index in [0.717, 1.165) is 11.3 Å². The summed E-state index contributed by atoms with van der Waals surface area (Å²) in [5.41, 5.74) is 7.66. The summed E-state index contributed by atoms with van der Waals surface area (Å²) < 4.78 is 2.04. The fourth-order valence-corrected chi connectivity index (χ4v) is 1.91. The van der Waals surface area contributed by atoms with Crippen LogP contribution >= 0.6 is 0 Å². The van der Waals surface area contributed by atoms with Crippen LogP contribution in [0, 0.1) is 0 Å². The molecule has 0 saturated carbocycles. The molecule has 0 amide bonds. The van der Waals surface area contributed by atoms with E-state index in [4.69, 9.17) is 5.73 Å². The number of hydrogen-bond donors (Lipinski definition) is 1. The van der Waals surface area contributed by atoms with Crippen molar-refractivity contribution in [2.75, 3.05) is 0 Å². The van der Waals surface area contributed by atoms with Gasteiger partial charge in [0.25, 0.3) is 0 Å². The Morgan fingerprint density at radius 1 is 1.20 bits per heavy atom. The van der Waals surface area contributed by atoms with Gasteiger partial charge in [-0.05, 0) is 11.5 Å². The van der Waals surface area contributed by atoms with Crippen molar-refractivity contribution in [3.8, 4) is 0 Å². The molecule has 3 aromatic rings. The summed E-state index contributed by atoms with van der Waals surface area (Å²) in [5.74, 6) is 0. The minimum Gasteiger partial charge on any atom is -0.325 e. The number of nitrogens with zero attached hydrogens (tertiary/aromatic N) is 2. The van der Waals surface area contributed by atoms with Gasteiger partial charge in [-0.15, -0.1) is 0 Å². The Bertz CT molecular complexity index is 625. The van der Waals surface area contributed by atoms with Gasteiger partial charge in [-0.1, -0.05) is 24.3 Å². The molecule has 0 bridgehead atoms. The van der Waals surface area contributed by atoms with Gasteiger partial charge in [-0.25, -0.2) is 4.98 Å². The number of hydrogen-bond acceptors (Lipinski definition) is 2. The smallest absolute Gasteiger partial charge is 0.144 e. The van der Waals surface area contributed by atoms with E-state index in [1.807, 2.05) is 28.9 Å². The average Bonchev–Trinajstić information content (AvgIpc) is 2.72. The molecule has 3 rings (SSSR count). The molecular weight excluding hydrogens is 186 g/mol. The summed E-state index contributed by atoms with van der Waals surface area (Å²) in [6.07, 6.45) is 3.86. The minimum atomic E-state index is 0.513. The van der Waals surface area contributed by atoms with Crippen LogP contribution in [-0.4, -0.2) is 9.38 Å². The standard InChI is InChI=1S/C12H11N3/c13-7-10-8-14-12-11-4-2-1-3-9(11)5-6-15(10)12/h1-6,8H,7,13H2. The van der Waals surface area contributed by atoms with Crippen molar-refractivity contribution < 1.29 is 0 Å². The summed E-state index contributed by atoms with van der Waals surface area (Å²) in [6, 6.07) is 10.3. The van der Waals surface area contributed by atoms with Crippen LogP contribution in [0.5, 0.6) is 0 Å². The van der Waals surface area contributed by atoms with E-state index in [1.165, 1.54) is 10.8 Å². The molecule has 3 heteroatoms. The quantitative estimate of drug-likeness (QED) is 0.648. The number of pyridine rings is 1. The van der Waals surface area contributed by atoms with Crippen LogP contribution in [0.15, 0.2) is 42.7 Å². The van der Waals surface area contributed by atoms with Crippen molar-refractivity contribution in [1.82, 2.24) is 9.38 Å². The highest BCUT2D eigenvalue weighted by molar-refractivity contribution is 5.93. The normalized spacial score (nSPS) is 11.3. The first-order valence-electron chi connectivity index (χ1n) is 4.94. The first-order valence-corrected chi connectivity index (χ1v) is 4.94. The zero-order valence-electron chi connectivity index (χ0n) is 8.22. The van der Waals surface area contributed by atoms with Crippen LogP contribution in [0.3, 0.4) is 0 Å². The van der Waals surface area contributed by atoms with Crippen molar-refractivity contribution in [2.45, 2.75) is 6.54 Å². The summed E-state index contributed by atoms with van der Waals surface area (Å²) in [5, 5.41) is 2.37. The van der Waals surface area contributed by atoms with Crippen LogP contribution in [-0.2, 0) is 6.54 Å². The number of imidazole rings is 1. The Morgan fingerprint density at radius 2 is 2.07 bits per heavy atom. The average molecular weight is 197 g/mol. The lowest BCUT2D eigenvalue weighted by molar-refractivity contribution is 0.962. The maximum absolute atomic E-state index is 5.64. The second-order valence-electron chi connectivity index (χ2n) is 3.55. The van der Waals surface area contributed by atoms with Crippen LogP contribution in [0.2, 0.25) is 0 Å². The number of nitrogens with two attached hydrogens (primary N) is 1. The highest BCUT2D eigenvalue weighted by Crippen LogP contribution is 2.19. The molecule has 0 fully saturated rings. The maximum Gasteiger partial charge on any atom is 0.144 e. The maximum atomic E-state index is 5.64. The molecule has 2 heterocycles. The largest absolute Gasteiger partial charge is 0.325 e. The van der Waals surface area contributed by atoms with E-state index < -0.39 is 0 Å². The van der Waals surface area contributed by atoms with E-state index in [9.17, 15) is 0 Å². The van der Waals surface area contributed by atoms with Gasteiger partial charge < -0.3 is 10.1 Å². The summed E-state index contributed by atoms with van der Waals surface area (Å²) in [4.78, 5) is 4.40. The Kier molecular flexibility index (Phi) is 1.73. The summed E-state index contributed by atoms with van der Waals surface area (Å²) in [7, 11) is 0. The zero-order valence-corrected chi connectivity index (χ0v) is 8.22. The van der Waals surface area contributed by atoms with Gasteiger partial charge >= 0.3 is 0 Å². The molecule has 0 saturated heterocycles. The first kappa shape index (κ1) is 8.44. The van der Waals surface area contributed by atoms with Gasteiger partial charge in [-0.2, -0.15) is 0 Å². The molecule has 3 nitrogen and oxygen atoms in total. The van der Waals surface area contributed by atoms with Gasteiger partial charge in [-0.3, -0.25) is 0 Å². The zero-order chi connectivity index (χ0) is 10.3. The molecule has 74 valence electrons. The van der Waals surface area contributed by atoms with Gasteiger partial charge in [0.1, 0.15) is 5.65 Å². The van der Waals surface area contributed by atoms with Crippen LogP contribution in [0.25, 0.3) is 16.4 Å². The molecule has 0 unspecified atom stereocenters. The molecule has 0 aliphatic carbocycles. The Balaban J connectivity index is 2.50. The lowest BCUT2D eigenvalue weighted by Gasteiger charge is -2.01. The van der Waals surface area contributed by atoms with Gasteiger partial charge in [0.05, 0.1) is 11.9 Å². The summed E-state index contributed by atoms with van der Waals surface area (Å²) >= 11 is 0. The molecule has 2 N–H and O–H groups in total. The molecule has 0 radical (unpaired) electrons. The molecule has 0 atom stereocenters. The molecule has 0 aliphatic rings. The number of rotatable bonds is 1. The van der Waals surface area contributed by atoms with Crippen LogP contribution < -0.4 is 5.73 Å². The molecule has 2 aromatic heterocycles. The lowest BCUT2D eigenvalue weighted by Crippen LogP contribution is -2.00. The molecule has 0 spiro atoms. The minimum absolute atomic E-state index is 0.513. The Hall–Kier alpha value is -1.87. The highest BCUT2D eigenvalue weighted by atomic mass is 15.0. The number of fused-ring (bicyclic) bond motifs is 3. The van der Waals surface area contributed by atoms with E-state index in [0.29, 0.717) is 6.54 Å². The van der Waals surface area contributed by atoms with Crippen LogP contribution in [0.4, 0.5) is 0 Å². The fourth-order valence-electron chi connectivity index (χ4n) is 1.91. The van der Waals surface area contributed by atoms with Gasteiger partial charge in [0.15, 0.2) is 0 Å². The van der Waals surface area contributed by atoms with E-state index in [-0.39, 0.29) is 0 Å². The predicted octanol–water partition coefficient (Wildman–Crippen LogP) is 1.95. The topological polar surface area (TPSA) is 43.3 Å². The highest BCUT2D eigenvalue weighted by Gasteiger charge is 2.04. The third-order valence-corrected chi connectivity index (χ3v) is 2.69. The lowest BCUT2D eigenvalue weighted by atomic mass is 10.2. The monoisotopic (exact) mass is 197 g/mol. The van der Waals surface area contributed by atoms with E-state index in [1.54, 1.807) is 0 Å². The van der Waals surface area contributed by atoms with E-state index in [2.05, 4.69) is 23.2 Å². The van der Waals surface area contributed by atoms with Crippen molar-refractivity contribution in [3.05, 3.63) is 48.4 Å². The van der Waals surface area contributed by atoms with Crippen molar-refractivity contribution >= 4 is 16.4 Å². The molecule has 0 aliphatic heterocycles. The predicted molar refractivity (Wildman–Crippen MR) is 60.6 cm³/mol. The SMILES string of the molecule is NCc1cnc2c3ccccc3ccn12. The third kappa shape index (κ3) is 1.13. The van der Waals surface area contributed by atoms with Crippen LogP contribution in [0.1, 0.15) is 5.69 Å². The Labute approximate surface area is 87.2 Å². The Morgan fingerprint density at radius 3 is 2.93 bits per heavy atom. The fraction of sp³-hybridized carbons (Fsp3) is 0.0833. The van der Waals surface area contributed by atoms with Crippen molar-refractivity contribution in [3.63, 3.8) is 0 Å². The second-order valence-corrected chi connectivity index (χ2v) is 3.55. The number of benzene rings is 1. The molecular formula is C12H11N3. The van der Waals surface area contributed by atoms with Gasteiger partial charge in [0, 0.05) is 18.1 Å². The van der Waals surface area contributed by atoms with Crippen molar-refractivity contribution in [2.24, 2.45) is 5.73 Å². The van der Waals surface area contributed by atoms with Crippen molar-refractivity contribution in [1.29, 1.82) is 0 Å².